The minimum atomic E-state index is 0.797. The van der Waals surface area contributed by atoms with Gasteiger partial charge in [-0.2, -0.15) is 0 Å². The molecule has 2 heteroatoms. The van der Waals surface area contributed by atoms with E-state index in [9.17, 15) is 0 Å². The van der Waals surface area contributed by atoms with Crippen LogP contribution in [-0.4, -0.2) is 0 Å². The number of rotatable bonds is 3. The highest BCUT2D eigenvalue weighted by Crippen LogP contribution is 2.46. The summed E-state index contributed by atoms with van der Waals surface area (Å²) >= 11 is 0. The van der Waals surface area contributed by atoms with Gasteiger partial charge in [-0.25, -0.2) is 0 Å². The Morgan fingerprint density at radius 1 is 0.420 bits per heavy atom. The molecular formula is C48H30O2. The Kier molecular flexibility index (Phi) is 5.82. The van der Waals surface area contributed by atoms with Gasteiger partial charge in [0.05, 0.1) is 0 Å². The van der Waals surface area contributed by atoms with Gasteiger partial charge in [-0.3, -0.25) is 0 Å². The number of allylic oxidation sites excluding steroid dienone is 1. The van der Waals surface area contributed by atoms with Gasteiger partial charge in [-0.05, 0) is 103 Å². The number of benzene rings is 8. The monoisotopic (exact) mass is 638 g/mol. The Hall–Kier alpha value is -6.38. The fraction of sp³-hybridized carbons (Fsp3) is 0.0417. The average molecular weight is 639 g/mol. The maximum atomic E-state index is 6.79. The van der Waals surface area contributed by atoms with Gasteiger partial charge in [0.15, 0.2) is 11.2 Å². The van der Waals surface area contributed by atoms with Crippen LogP contribution >= 0.6 is 0 Å². The normalized spacial score (nSPS) is 13.0. The van der Waals surface area contributed by atoms with E-state index in [0.717, 1.165) is 73.4 Å². The lowest BCUT2D eigenvalue weighted by atomic mass is 9.89. The van der Waals surface area contributed by atoms with Gasteiger partial charge in [0.2, 0.25) is 0 Å². The van der Waals surface area contributed by atoms with E-state index in [4.69, 9.17) is 8.83 Å². The van der Waals surface area contributed by atoms with Gasteiger partial charge in [0, 0.05) is 21.5 Å². The highest BCUT2D eigenvalue weighted by atomic mass is 16.4. The molecule has 0 radical (unpaired) electrons. The van der Waals surface area contributed by atoms with Gasteiger partial charge >= 0.3 is 0 Å². The largest absolute Gasteiger partial charge is 0.452 e. The molecule has 11 rings (SSSR count). The zero-order chi connectivity index (χ0) is 32.8. The van der Waals surface area contributed by atoms with Crippen LogP contribution in [0.3, 0.4) is 0 Å². The summed E-state index contributed by atoms with van der Waals surface area (Å²) in [6, 6.07) is 52.5. The molecule has 2 aromatic heterocycles. The molecule has 8 aromatic carbocycles. The molecule has 0 aliphatic heterocycles. The summed E-state index contributed by atoms with van der Waals surface area (Å²) in [7, 11) is 0. The Bertz CT molecular complexity index is 3020. The highest BCUT2D eigenvalue weighted by Gasteiger charge is 2.22. The van der Waals surface area contributed by atoms with Crippen molar-refractivity contribution in [3.63, 3.8) is 0 Å². The van der Waals surface area contributed by atoms with Crippen LogP contribution in [0.2, 0.25) is 0 Å². The van der Waals surface area contributed by atoms with Crippen LogP contribution < -0.4 is 0 Å². The maximum absolute atomic E-state index is 6.79. The van der Waals surface area contributed by atoms with Gasteiger partial charge in [-0.1, -0.05) is 133 Å². The van der Waals surface area contributed by atoms with Crippen LogP contribution in [-0.2, 0) is 6.42 Å². The second kappa shape index (κ2) is 10.6. The van der Waals surface area contributed by atoms with Gasteiger partial charge in [-0.15, -0.1) is 0 Å². The maximum Gasteiger partial charge on any atom is 0.179 e. The lowest BCUT2D eigenvalue weighted by molar-refractivity contribution is 0.634. The molecule has 0 saturated carbocycles. The van der Waals surface area contributed by atoms with Gasteiger partial charge < -0.3 is 8.83 Å². The van der Waals surface area contributed by atoms with Crippen molar-refractivity contribution in [2.45, 2.75) is 12.8 Å². The summed E-state index contributed by atoms with van der Waals surface area (Å²) in [4.78, 5) is 0. The topological polar surface area (TPSA) is 26.3 Å². The summed E-state index contributed by atoms with van der Waals surface area (Å²) < 4.78 is 13.6. The van der Waals surface area contributed by atoms with Crippen molar-refractivity contribution in [1.29, 1.82) is 0 Å². The minimum Gasteiger partial charge on any atom is -0.452 e. The molecule has 0 fully saturated rings. The summed E-state index contributed by atoms with van der Waals surface area (Å²) in [5.74, 6) is 0. The van der Waals surface area contributed by atoms with Crippen LogP contribution in [0.5, 0.6) is 0 Å². The molecule has 0 unspecified atom stereocenters. The minimum absolute atomic E-state index is 0.797. The zero-order valence-corrected chi connectivity index (χ0v) is 27.2. The molecule has 50 heavy (non-hydrogen) atoms. The van der Waals surface area contributed by atoms with Crippen molar-refractivity contribution in [3.8, 4) is 33.4 Å². The molecule has 0 bridgehead atoms. The molecule has 0 N–H and O–H groups in total. The van der Waals surface area contributed by atoms with Crippen LogP contribution in [0.4, 0.5) is 0 Å². The van der Waals surface area contributed by atoms with E-state index in [0.29, 0.717) is 0 Å². The third kappa shape index (κ3) is 4.02. The zero-order valence-electron chi connectivity index (χ0n) is 27.2. The Labute approximate surface area is 288 Å². The number of furan rings is 2. The molecular weight excluding hydrogens is 609 g/mol. The third-order valence-corrected chi connectivity index (χ3v) is 10.7. The predicted molar refractivity (Wildman–Crippen MR) is 210 cm³/mol. The van der Waals surface area contributed by atoms with Crippen molar-refractivity contribution >= 4 is 71.5 Å². The Morgan fingerprint density at radius 3 is 1.76 bits per heavy atom. The van der Waals surface area contributed by atoms with E-state index in [2.05, 4.69) is 158 Å². The quantitative estimate of drug-likeness (QED) is 0.192. The average Bonchev–Trinajstić information content (AvgIpc) is 3.76. The Balaban J connectivity index is 1.07. The first-order valence-corrected chi connectivity index (χ1v) is 17.4. The fourth-order valence-corrected chi connectivity index (χ4v) is 8.35. The van der Waals surface area contributed by atoms with Gasteiger partial charge in [0.1, 0.15) is 11.2 Å². The van der Waals surface area contributed by atoms with Crippen molar-refractivity contribution < 1.29 is 8.83 Å². The smallest absolute Gasteiger partial charge is 0.179 e. The number of hydrogen-bond acceptors (Lipinski definition) is 2. The highest BCUT2D eigenvalue weighted by molar-refractivity contribution is 6.33. The first-order chi connectivity index (χ1) is 24.8. The van der Waals surface area contributed by atoms with Crippen LogP contribution in [0.1, 0.15) is 17.5 Å². The van der Waals surface area contributed by atoms with Crippen molar-refractivity contribution in [3.05, 3.63) is 163 Å². The number of aryl methyl sites for hydroxylation is 1. The van der Waals surface area contributed by atoms with Crippen LogP contribution in [0, 0.1) is 0 Å². The molecule has 0 amide bonds. The van der Waals surface area contributed by atoms with Crippen molar-refractivity contribution in [1.82, 2.24) is 0 Å². The molecule has 10 aromatic rings. The van der Waals surface area contributed by atoms with Crippen LogP contribution in [0.15, 0.2) is 161 Å². The van der Waals surface area contributed by atoms with E-state index in [1.165, 1.54) is 49.4 Å². The second-order valence-corrected chi connectivity index (χ2v) is 13.5. The molecule has 1 aliphatic rings. The lowest BCUT2D eigenvalue weighted by Gasteiger charge is -2.15. The third-order valence-electron chi connectivity index (χ3n) is 10.7. The van der Waals surface area contributed by atoms with Gasteiger partial charge in [0.25, 0.3) is 0 Å². The summed E-state index contributed by atoms with van der Waals surface area (Å²) in [6.45, 7) is 0. The van der Waals surface area contributed by atoms with E-state index < -0.39 is 0 Å². The van der Waals surface area contributed by atoms with Crippen LogP contribution in [0.25, 0.3) is 105 Å². The standard InChI is InChI=1S/C48H30O2/c1-3-13-35-30(9-1)11-7-17-37(35)32-21-19-29(20-22-32)33-23-25-41-43(27-33)49-47-45(41)39-15-5-6-16-40(39)46-42-26-24-34(28-44(42)50-48(46)47)38-18-8-12-31-10-2-4-14-36(31)38/h2-8,10-28H,1,9H2. The first-order valence-electron chi connectivity index (χ1n) is 17.4. The first kappa shape index (κ1) is 27.6. The van der Waals surface area contributed by atoms with E-state index in [1.807, 2.05) is 0 Å². The van der Waals surface area contributed by atoms with E-state index >= 15 is 0 Å². The van der Waals surface area contributed by atoms with Crippen molar-refractivity contribution in [2.24, 2.45) is 0 Å². The molecule has 0 atom stereocenters. The Morgan fingerprint density at radius 2 is 1.00 bits per heavy atom. The molecule has 0 spiro atoms. The lowest BCUT2D eigenvalue weighted by Crippen LogP contribution is -1.96. The predicted octanol–water partition coefficient (Wildman–Crippen LogP) is 13.8. The summed E-state index contributed by atoms with van der Waals surface area (Å²) in [5, 5.41) is 9.19. The number of hydrogen-bond donors (Lipinski definition) is 0. The van der Waals surface area contributed by atoms with E-state index in [1.54, 1.807) is 0 Å². The second-order valence-electron chi connectivity index (χ2n) is 13.5. The summed E-state index contributed by atoms with van der Waals surface area (Å²) in [5.41, 5.74) is 13.3. The summed E-state index contributed by atoms with van der Waals surface area (Å²) in [6.07, 6.45) is 6.79. The molecule has 0 saturated heterocycles. The molecule has 2 nitrogen and oxygen atoms in total. The fourth-order valence-electron chi connectivity index (χ4n) is 8.35. The molecule has 234 valence electrons. The SMILES string of the molecule is C1=Cc2c(cccc2-c2ccc(-c3ccc4c(c3)oc3c5oc6cc(-c7cccc8ccccc78)ccc6c5c5ccccc5c43)cc2)CC1. The van der Waals surface area contributed by atoms with Crippen molar-refractivity contribution in [2.75, 3.05) is 0 Å². The molecule has 2 heterocycles. The number of fused-ring (bicyclic) bond motifs is 12. The molecule has 1 aliphatic carbocycles. The van der Waals surface area contributed by atoms with E-state index in [-0.39, 0.29) is 0 Å².